The van der Waals surface area contributed by atoms with Crippen LogP contribution in [0, 0.1) is 5.92 Å². The topological polar surface area (TPSA) is 24.5 Å². The van der Waals surface area contributed by atoms with Gasteiger partial charge in [0.25, 0.3) is 0 Å². The maximum Gasteiger partial charge on any atom is 0.0701 e. The van der Waals surface area contributed by atoms with E-state index >= 15 is 0 Å². The molecule has 1 N–H and O–H groups in total. The fourth-order valence-corrected chi connectivity index (χ4v) is 4.97. The van der Waals surface area contributed by atoms with Crippen LogP contribution in [0.2, 0.25) is 0 Å². The first-order valence-electron chi connectivity index (χ1n) is 8.75. The molecule has 2 aliphatic rings. The standard InChI is InChI=1S/C17H34N2OS/c1-4-9-18-16(5-10-19(2)3)15-6-11-20-17(14-15)7-12-21-13-8-17/h15-16,18H,4-14H2,1-3H3. The molecule has 4 heteroatoms. The molecule has 124 valence electrons. The minimum atomic E-state index is 0.221. The average Bonchev–Trinajstić information content (AvgIpc) is 2.48. The van der Waals surface area contributed by atoms with Crippen LogP contribution < -0.4 is 5.32 Å². The third-order valence-electron chi connectivity index (χ3n) is 5.05. The first-order chi connectivity index (χ1) is 10.2. The first-order valence-corrected chi connectivity index (χ1v) is 9.90. The van der Waals surface area contributed by atoms with Crippen molar-refractivity contribution in [2.24, 2.45) is 5.92 Å². The Balaban J connectivity index is 1.93. The third kappa shape index (κ3) is 5.42. The molecule has 1 spiro atoms. The van der Waals surface area contributed by atoms with Crippen molar-refractivity contribution in [1.82, 2.24) is 10.2 Å². The molecule has 2 aliphatic heterocycles. The van der Waals surface area contributed by atoms with E-state index in [4.69, 9.17) is 4.74 Å². The van der Waals surface area contributed by atoms with Gasteiger partial charge < -0.3 is 15.0 Å². The van der Waals surface area contributed by atoms with Crippen LogP contribution in [0.3, 0.4) is 0 Å². The molecule has 0 radical (unpaired) electrons. The normalized spacial score (nSPS) is 27.1. The molecule has 2 heterocycles. The van der Waals surface area contributed by atoms with Crippen LogP contribution in [0.5, 0.6) is 0 Å². The summed E-state index contributed by atoms with van der Waals surface area (Å²) in [6, 6.07) is 0.669. The van der Waals surface area contributed by atoms with E-state index in [9.17, 15) is 0 Å². The summed E-state index contributed by atoms with van der Waals surface area (Å²) in [4.78, 5) is 2.31. The Morgan fingerprint density at radius 1 is 1.33 bits per heavy atom. The number of nitrogens with one attached hydrogen (secondary N) is 1. The molecule has 2 atom stereocenters. The lowest BCUT2D eigenvalue weighted by atomic mass is 9.77. The fourth-order valence-electron chi connectivity index (χ4n) is 3.73. The van der Waals surface area contributed by atoms with Gasteiger partial charge in [0.05, 0.1) is 5.60 Å². The van der Waals surface area contributed by atoms with Gasteiger partial charge in [-0.05, 0) is 83.1 Å². The molecular weight excluding hydrogens is 280 g/mol. The lowest BCUT2D eigenvalue weighted by Gasteiger charge is -2.45. The van der Waals surface area contributed by atoms with Crippen molar-refractivity contribution in [1.29, 1.82) is 0 Å². The predicted octanol–water partition coefficient (Wildman–Crippen LogP) is 3.00. The van der Waals surface area contributed by atoms with E-state index < -0.39 is 0 Å². The lowest BCUT2D eigenvalue weighted by Crippen LogP contribution is -2.49. The fraction of sp³-hybridized carbons (Fsp3) is 1.00. The molecule has 0 aromatic rings. The van der Waals surface area contributed by atoms with E-state index in [2.05, 4.69) is 43.0 Å². The van der Waals surface area contributed by atoms with E-state index in [1.165, 1.54) is 56.6 Å². The highest BCUT2D eigenvalue weighted by Crippen LogP contribution is 2.41. The molecule has 0 aromatic heterocycles. The van der Waals surface area contributed by atoms with E-state index in [1.807, 2.05) is 0 Å². The summed E-state index contributed by atoms with van der Waals surface area (Å²) in [5.74, 6) is 3.38. The van der Waals surface area contributed by atoms with Crippen LogP contribution in [0.15, 0.2) is 0 Å². The van der Waals surface area contributed by atoms with Crippen molar-refractivity contribution in [3.05, 3.63) is 0 Å². The second-order valence-electron chi connectivity index (χ2n) is 7.05. The molecule has 0 amide bonds. The Morgan fingerprint density at radius 2 is 2.10 bits per heavy atom. The van der Waals surface area contributed by atoms with Crippen molar-refractivity contribution in [2.45, 2.75) is 57.1 Å². The molecule has 2 saturated heterocycles. The highest BCUT2D eigenvalue weighted by molar-refractivity contribution is 7.99. The van der Waals surface area contributed by atoms with Crippen LogP contribution in [0.1, 0.15) is 45.4 Å². The van der Waals surface area contributed by atoms with Gasteiger partial charge in [-0.1, -0.05) is 6.92 Å². The SMILES string of the molecule is CCCNC(CCN(C)C)C1CCOC2(CCSCC2)C1. The summed E-state index contributed by atoms with van der Waals surface area (Å²) in [5, 5.41) is 3.83. The van der Waals surface area contributed by atoms with E-state index in [0.717, 1.165) is 19.1 Å². The molecule has 0 aromatic carbocycles. The zero-order valence-corrected chi connectivity index (χ0v) is 15.0. The van der Waals surface area contributed by atoms with Gasteiger partial charge in [-0.2, -0.15) is 11.8 Å². The van der Waals surface area contributed by atoms with Crippen molar-refractivity contribution >= 4 is 11.8 Å². The quantitative estimate of drug-likeness (QED) is 0.781. The number of rotatable bonds is 7. The van der Waals surface area contributed by atoms with Gasteiger partial charge in [0.2, 0.25) is 0 Å². The first kappa shape index (κ1) is 17.6. The Morgan fingerprint density at radius 3 is 2.76 bits per heavy atom. The largest absolute Gasteiger partial charge is 0.375 e. The highest BCUT2D eigenvalue weighted by Gasteiger charge is 2.40. The number of nitrogens with zero attached hydrogens (tertiary/aromatic N) is 1. The van der Waals surface area contributed by atoms with Gasteiger partial charge in [0.1, 0.15) is 0 Å². The van der Waals surface area contributed by atoms with Gasteiger partial charge >= 0.3 is 0 Å². The van der Waals surface area contributed by atoms with Crippen LogP contribution in [-0.2, 0) is 4.74 Å². The van der Waals surface area contributed by atoms with Crippen LogP contribution in [-0.4, -0.2) is 61.8 Å². The Hall–Kier alpha value is 0.230. The van der Waals surface area contributed by atoms with Gasteiger partial charge in [-0.3, -0.25) is 0 Å². The molecule has 0 bridgehead atoms. The van der Waals surface area contributed by atoms with Gasteiger partial charge in [-0.15, -0.1) is 0 Å². The van der Waals surface area contributed by atoms with Crippen molar-refractivity contribution in [3.63, 3.8) is 0 Å². The molecule has 3 nitrogen and oxygen atoms in total. The molecule has 2 unspecified atom stereocenters. The van der Waals surface area contributed by atoms with Gasteiger partial charge in [-0.25, -0.2) is 0 Å². The Labute approximate surface area is 135 Å². The second kappa shape index (κ2) is 8.76. The van der Waals surface area contributed by atoms with Crippen LogP contribution >= 0.6 is 11.8 Å². The van der Waals surface area contributed by atoms with E-state index in [-0.39, 0.29) is 5.60 Å². The van der Waals surface area contributed by atoms with E-state index in [1.54, 1.807) is 0 Å². The molecule has 0 aliphatic carbocycles. The van der Waals surface area contributed by atoms with Gasteiger partial charge in [0, 0.05) is 12.6 Å². The van der Waals surface area contributed by atoms with E-state index in [0.29, 0.717) is 6.04 Å². The highest BCUT2D eigenvalue weighted by atomic mass is 32.2. The summed E-state index contributed by atoms with van der Waals surface area (Å²) in [6.45, 7) is 5.57. The lowest BCUT2D eigenvalue weighted by molar-refractivity contribution is -0.107. The Kier molecular flexibility index (Phi) is 7.33. The van der Waals surface area contributed by atoms with Crippen molar-refractivity contribution in [2.75, 3.05) is 45.3 Å². The third-order valence-corrected chi connectivity index (χ3v) is 6.03. The minimum Gasteiger partial charge on any atom is -0.375 e. The van der Waals surface area contributed by atoms with Crippen molar-refractivity contribution in [3.8, 4) is 0 Å². The second-order valence-corrected chi connectivity index (χ2v) is 8.27. The van der Waals surface area contributed by atoms with Crippen molar-refractivity contribution < 1.29 is 4.74 Å². The van der Waals surface area contributed by atoms with Crippen LogP contribution in [0.25, 0.3) is 0 Å². The summed E-state index contributed by atoms with van der Waals surface area (Å²) in [6.07, 6.45) is 7.54. The summed E-state index contributed by atoms with van der Waals surface area (Å²) in [7, 11) is 4.36. The molecular formula is C17H34N2OS. The summed E-state index contributed by atoms with van der Waals surface area (Å²) < 4.78 is 6.27. The van der Waals surface area contributed by atoms with Crippen LogP contribution in [0.4, 0.5) is 0 Å². The monoisotopic (exact) mass is 314 g/mol. The van der Waals surface area contributed by atoms with Gasteiger partial charge in [0.15, 0.2) is 0 Å². The summed E-state index contributed by atoms with van der Waals surface area (Å²) >= 11 is 2.10. The number of thioether (sulfide) groups is 1. The minimum absolute atomic E-state index is 0.221. The maximum atomic E-state index is 6.27. The molecule has 2 fully saturated rings. The number of hydrogen-bond donors (Lipinski definition) is 1. The molecule has 2 rings (SSSR count). The smallest absolute Gasteiger partial charge is 0.0701 e. The molecule has 21 heavy (non-hydrogen) atoms. The number of hydrogen-bond acceptors (Lipinski definition) is 4. The Bertz CT molecular complexity index is 287. The zero-order valence-electron chi connectivity index (χ0n) is 14.2. The zero-order chi connectivity index (χ0) is 15.1. The average molecular weight is 315 g/mol. The molecule has 0 saturated carbocycles. The summed E-state index contributed by atoms with van der Waals surface area (Å²) in [5.41, 5.74) is 0.221. The predicted molar refractivity (Wildman–Crippen MR) is 93.2 cm³/mol. The maximum absolute atomic E-state index is 6.27. The number of ether oxygens (including phenoxy) is 1.